The Morgan fingerprint density at radius 3 is 2.55 bits per heavy atom. The van der Waals surface area contributed by atoms with Crippen molar-refractivity contribution in [1.82, 2.24) is 14.6 Å². The van der Waals surface area contributed by atoms with Crippen LogP contribution in [-0.2, 0) is 11.2 Å². The van der Waals surface area contributed by atoms with Crippen LogP contribution in [0.1, 0.15) is 29.3 Å². The van der Waals surface area contributed by atoms with Crippen molar-refractivity contribution in [3.63, 3.8) is 0 Å². The number of thioether (sulfide) groups is 2. The van der Waals surface area contributed by atoms with Crippen LogP contribution in [0.4, 0.5) is 4.39 Å². The molecule has 0 aliphatic carbocycles. The van der Waals surface area contributed by atoms with Gasteiger partial charge < -0.3 is 9.47 Å². The van der Waals surface area contributed by atoms with Gasteiger partial charge in [-0.15, -0.1) is 11.8 Å². The molecule has 3 heterocycles. The first kappa shape index (κ1) is 28.0. The van der Waals surface area contributed by atoms with E-state index in [0.29, 0.717) is 34.3 Å². The number of hydrogen-bond acceptors (Lipinski definition) is 8. The number of para-hydroxylation sites is 2. The summed E-state index contributed by atoms with van der Waals surface area (Å²) in [7, 11) is 3.16. The van der Waals surface area contributed by atoms with E-state index in [4.69, 9.17) is 19.6 Å². The van der Waals surface area contributed by atoms with Gasteiger partial charge in [0.15, 0.2) is 5.16 Å². The van der Waals surface area contributed by atoms with Gasteiger partial charge in [0.25, 0.3) is 11.5 Å². The maximum Gasteiger partial charge on any atom is 0.272 e. The molecule has 0 saturated carbocycles. The molecule has 214 valence electrons. The van der Waals surface area contributed by atoms with Gasteiger partial charge in [0, 0.05) is 18.6 Å². The molecule has 8 nitrogen and oxygen atoms in total. The molecular formula is C31H27FN4O4S2. The summed E-state index contributed by atoms with van der Waals surface area (Å²) >= 11 is 2.68. The maximum absolute atomic E-state index is 13.8. The Labute approximate surface area is 250 Å². The number of nitrogens with zero attached hydrogens (tertiary/aromatic N) is 4. The molecule has 4 aromatic rings. The summed E-state index contributed by atoms with van der Waals surface area (Å²) in [6.07, 6.45) is 1.16. The largest absolute Gasteiger partial charge is 0.497 e. The van der Waals surface area contributed by atoms with Crippen LogP contribution < -0.4 is 15.0 Å². The Hall–Kier alpha value is -4.09. The van der Waals surface area contributed by atoms with Crippen LogP contribution in [0.15, 0.2) is 92.7 Å². The first-order valence-electron chi connectivity index (χ1n) is 13.3. The summed E-state index contributed by atoms with van der Waals surface area (Å²) in [5.41, 5.74) is 3.52. The van der Waals surface area contributed by atoms with Crippen molar-refractivity contribution in [2.24, 2.45) is 5.10 Å². The van der Waals surface area contributed by atoms with Gasteiger partial charge in [-0.2, -0.15) is 5.10 Å². The van der Waals surface area contributed by atoms with E-state index in [1.54, 1.807) is 38.5 Å². The number of rotatable bonds is 8. The van der Waals surface area contributed by atoms with E-state index in [1.807, 2.05) is 36.4 Å². The van der Waals surface area contributed by atoms with Crippen molar-refractivity contribution in [2.45, 2.75) is 28.9 Å². The van der Waals surface area contributed by atoms with Gasteiger partial charge >= 0.3 is 0 Å². The number of carbonyl (C=O) groups is 1. The van der Waals surface area contributed by atoms with Gasteiger partial charge in [-0.05, 0) is 59.7 Å². The first-order chi connectivity index (χ1) is 20.5. The summed E-state index contributed by atoms with van der Waals surface area (Å²) in [6.45, 7) is 0. The van der Waals surface area contributed by atoms with Crippen LogP contribution in [0.25, 0.3) is 5.69 Å². The summed E-state index contributed by atoms with van der Waals surface area (Å²) in [5, 5.41) is 6.61. The minimum Gasteiger partial charge on any atom is -0.497 e. The molecular weight excluding hydrogens is 575 g/mol. The number of carbonyl (C=O) groups excluding carboxylic acids is 1. The van der Waals surface area contributed by atoms with Crippen LogP contribution in [0, 0.1) is 5.82 Å². The topological polar surface area (TPSA) is 86.0 Å². The quantitative estimate of drug-likeness (QED) is 0.194. The fourth-order valence-electron chi connectivity index (χ4n) is 5.05. The van der Waals surface area contributed by atoms with Crippen LogP contribution in [0.3, 0.4) is 0 Å². The van der Waals surface area contributed by atoms with Crippen molar-refractivity contribution >= 4 is 35.1 Å². The fourth-order valence-corrected chi connectivity index (χ4v) is 6.95. The Morgan fingerprint density at radius 2 is 1.81 bits per heavy atom. The van der Waals surface area contributed by atoms with E-state index < -0.39 is 6.04 Å². The van der Waals surface area contributed by atoms with E-state index >= 15 is 0 Å². The average molecular weight is 603 g/mol. The molecule has 0 bridgehead atoms. The number of hydrogen-bond donors (Lipinski definition) is 0. The van der Waals surface area contributed by atoms with Gasteiger partial charge in [0.1, 0.15) is 17.3 Å². The number of aryl methyl sites for hydroxylation is 1. The molecule has 0 fully saturated rings. The number of benzene rings is 3. The fraction of sp³-hybridized carbons (Fsp3) is 0.226. The van der Waals surface area contributed by atoms with Crippen molar-refractivity contribution in [2.75, 3.05) is 25.7 Å². The highest BCUT2D eigenvalue weighted by atomic mass is 32.2. The lowest BCUT2D eigenvalue weighted by atomic mass is 9.98. The third kappa shape index (κ3) is 5.41. The predicted octanol–water partition coefficient (Wildman–Crippen LogP) is 5.51. The standard InChI is InChI=1S/C31H27FN4O4S2/c1-39-22-13-9-19(10-14-22)24-17-26(20-7-11-21(32)12-8-20)36(34-24)28(37)18-42-31-33-23-15-16-41-29(23)30(38)35(31)25-5-3-4-6-27(25)40-2/h3-14,26H,15-18H2,1-2H3. The molecule has 2 aliphatic rings. The van der Waals surface area contributed by atoms with Gasteiger partial charge in [0.2, 0.25) is 0 Å². The number of methoxy groups -OCH3 is 2. The number of ether oxygens (including phenoxy) is 2. The van der Waals surface area contributed by atoms with Crippen LogP contribution in [-0.4, -0.2) is 51.9 Å². The second-order valence-electron chi connectivity index (χ2n) is 9.65. The Balaban J connectivity index is 1.33. The lowest BCUT2D eigenvalue weighted by Crippen LogP contribution is -2.29. The molecule has 0 spiro atoms. The second kappa shape index (κ2) is 12.0. The molecule has 1 amide bonds. The van der Waals surface area contributed by atoms with Gasteiger partial charge in [-0.1, -0.05) is 36.0 Å². The monoisotopic (exact) mass is 602 g/mol. The minimum atomic E-state index is -0.406. The second-order valence-corrected chi connectivity index (χ2v) is 11.7. The van der Waals surface area contributed by atoms with Crippen molar-refractivity contribution in [3.8, 4) is 17.2 Å². The zero-order valence-corrected chi connectivity index (χ0v) is 24.6. The summed E-state index contributed by atoms with van der Waals surface area (Å²) < 4.78 is 26.1. The van der Waals surface area contributed by atoms with E-state index in [0.717, 1.165) is 34.0 Å². The number of fused-ring (bicyclic) bond motifs is 1. The zero-order chi connectivity index (χ0) is 29.2. The highest BCUT2D eigenvalue weighted by Gasteiger charge is 2.34. The molecule has 6 rings (SSSR count). The SMILES string of the molecule is COc1ccc(C2=NN(C(=O)CSc3nc4c(c(=O)n3-c3ccccc3OC)SCC4)C(c3ccc(F)cc3)C2)cc1. The van der Waals surface area contributed by atoms with Gasteiger partial charge in [0.05, 0.1) is 48.0 Å². The van der Waals surface area contributed by atoms with Crippen LogP contribution in [0.2, 0.25) is 0 Å². The molecule has 0 saturated heterocycles. The van der Waals surface area contributed by atoms with Gasteiger partial charge in [-0.3, -0.25) is 14.2 Å². The third-order valence-electron chi connectivity index (χ3n) is 7.16. The van der Waals surface area contributed by atoms with Crippen LogP contribution >= 0.6 is 23.5 Å². The van der Waals surface area contributed by atoms with E-state index in [2.05, 4.69) is 0 Å². The molecule has 0 radical (unpaired) electrons. The highest BCUT2D eigenvalue weighted by molar-refractivity contribution is 8.00. The zero-order valence-electron chi connectivity index (χ0n) is 23.0. The highest BCUT2D eigenvalue weighted by Crippen LogP contribution is 2.36. The van der Waals surface area contributed by atoms with E-state index in [1.165, 1.54) is 45.2 Å². The lowest BCUT2D eigenvalue weighted by molar-refractivity contribution is -0.130. The molecule has 1 aromatic heterocycles. The van der Waals surface area contributed by atoms with Gasteiger partial charge in [-0.25, -0.2) is 14.4 Å². The van der Waals surface area contributed by atoms with Crippen LogP contribution in [0.5, 0.6) is 11.5 Å². The van der Waals surface area contributed by atoms with E-state index in [-0.39, 0.29) is 23.0 Å². The number of amides is 1. The Morgan fingerprint density at radius 1 is 1.05 bits per heavy atom. The number of hydrazone groups is 1. The summed E-state index contributed by atoms with van der Waals surface area (Å²) in [5.74, 6) is 1.42. The smallest absolute Gasteiger partial charge is 0.272 e. The average Bonchev–Trinajstić information content (AvgIpc) is 3.69. The normalized spacial score (nSPS) is 15.8. The third-order valence-corrected chi connectivity index (χ3v) is 9.19. The number of aromatic nitrogens is 2. The lowest BCUT2D eigenvalue weighted by Gasteiger charge is -2.22. The molecule has 2 aliphatic heterocycles. The summed E-state index contributed by atoms with van der Waals surface area (Å²) in [4.78, 5) is 32.9. The minimum absolute atomic E-state index is 0.00932. The molecule has 0 N–H and O–H groups in total. The van der Waals surface area contributed by atoms with E-state index in [9.17, 15) is 14.0 Å². The molecule has 42 heavy (non-hydrogen) atoms. The number of halogens is 1. The molecule has 1 atom stereocenters. The molecule has 3 aromatic carbocycles. The van der Waals surface area contributed by atoms with Crippen molar-refractivity contribution in [1.29, 1.82) is 0 Å². The first-order valence-corrected chi connectivity index (χ1v) is 15.3. The molecule has 11 heteroatoms. The Kier molecular flexibility index (Phi) is 8.03. The summed E-state index contributed by atoms with van der Waals surface area (Å²) in [6, 6.07) is 20.5. The maximum atomic E-state index is 13.8. The molecule has 1 unspecified atom stereocenters. The predicted molar refractivity (Wildman–Crippen MR) is 162 cm³/mol. The van der Waals surface area contributed by atoms with Crippen molar-refractivity contribution < 1.29 is 18.7 Å². The Bertz CT molecular complexity index is 1720. The van der Waals surface area contributed by atoms with Crippen molar-refractivity contribution in [3.05, 3.63) is 106 Å².